The molecule has 100 valence electrons. The molecule has 0 amide bonds. The number of nitrogen functional groups attached to an aromatic ring is 1. The zero-order valence-electron chi connectivity index (χ0n) is 12.1. The van der Waals surface area contributed by atoms with Crippen LogP contribution in [0.5, 0.6) is 5.75 Å². The summed E-state index contributed by atoms with van der Waals surface area (Å²) in [7, 11) is 0. The van der Waals surface area contributed by atoms with Crippen molar-refractivity contribution in [3.05, 3.63) is 23.3 Å². The van der Waals surface area contributed by atoms with E-state index in [1.807, 2.05) is 6.07 Å². The van der Waals surface area contributed by atoms with E-state index in [4.69, 9.17) is 10.5 Å². The molecule has 0 spiro atoms. The maximum atomic E-state index is 10.6. The van der Waals surface area contributed by atoms with E-state index in [1.54, 1.807) is 6.07 Å². The van der Waals surface area contributed by atoms with E-state index >= 15 is 0 Å². The van der Waals surface area contributed by atoms with Crippen LogP contribution in [0.15, 0.2) is 12.1 Å². The monoisotopic (exact) mass is 249 g/mol. The first kappa shape index (κ1) is 14.6. The summed E-state index contributed by atoms with van der Waals surface area (Å²) < 4.78 is 5.05. The van der Waals surface area contributed by atoms with Crippen molar-refractivity contribution in [1.29, 1.82) is 0 Å². The van der Waals surface area contributed by atoms with Crippen molar-refractivity contribution >= 4 is 12.2 Å². The van der Waals surface area contributed by atoms with E-state index in [0.29, 0.717) is 17.9 Å². The Morgan fingerprint density at radius 2 is 1.50 bits per heavy atom. The summed E-state index contributed by atoms with van der Waals surface area (Å²) in [5.41, 5.74) is 8.64. The van der Waals surface area contributed by atoms with Gasteiger partial charge in [0.1, 0.15) is 5.75 Å². The highest BCUT2D eigenvalue weighted by molar-refractivity contribution is 5.61. The molecule has 0 aliphatic rings. The molecule has 0 fully saturated rings. The molecule has 0 aromatic heterocycles. The van der Waals surface area contributed by atoms with Gasteiger partial charge in [-0.15, -0.1) is 0 Å². The normalized spacial score (nSPS) is 12.3. The molecule has 0 saturated carbocycles. The van der Waals surface area contributed by atoms with Crippen molar-refractivity contribution < 1.29 is 9.53 Å². The van der Waals surface area contributed by atoms with E-state index in [0.717, 1.165) is 11.1 Å². The molecule has 1 rings (SSSR count). The highest BCUT2D eigenvalue weighted by Gasteiger charge is 2.25. The third-order valence-electron chi connectivity index (χ3n) is 2.94. The van der Waals surface area contributed by atoms with Crippen molar-refractivity contribution in [3.8, 4) is 5.75 Å². The molecule has 0 radical (unpaired) electrons. The van der Waals surface area contributed by atoms with Crippen LogP contribution in [0.3, 0.4) is 0 Å². The molecule has 1 aromatic carbocycles. The fraction of sp³-hybridized carbons (Fsp3) is 0.533. The van der Waals surface area contributed by atoms with Gasteiger partial charge in [-0.1, -0.05) is 41.5 Å². The zero-order chi connectivity index (χ0) is 14.1. The van der Waals surface area contributed by atoms with Crippen LogP contribution in [0.25, 0.3) is 0 Å². The van der Waals surface area contributed by atoms with E-state index in [2.05, 4.69) is 41.5 Å². The molecular formula is C15H23NO2. The van der Waals surface area contributed by atoms with Crippen LogP contribution in [-0.2, 0) is 15.6 Å². The second kappa shape index (κ2) is 4.63. The Morgan fingerprint density at radius 3 is 1.89 bits per heavy atom. The molecule has 0 heterocycles. The van der Waals surface area contributed by atoms with Gasteiger partial charge in [-0.3, -0.25) is 4.79 Å². The van der Waals surface area contributed by atoms with Crippen molar-refractivity contribution in [3.63, 3.8) is 0 Å². The van der Waals surface area contributed by atoms with Gasteiger partial charge in [0.05, 0.1) is 0 Å². The first-order chi connectivity index (χ1) is 8.07. The molecule has 0 saturated heterocycles. The largest absolute Gasteiger partial charge is 0.428 e. The smallest absolute Gasteiger partial charge is 0.298 e. The molecule has 2 N–H and O–H groups in total. The van der Waals surface area contributed by atoms with Crippen LogP contribution >= 0.6 is 0 Å². The van der Waals surface area contributed by atoms with Gasteiger partial charge in [0, 0.05) is 17.3 Å². The van der Waals surface area contributed by atoms with Crippen molar-refractivity contribution in [2.24, 2.45) is 0 Å². The van der Waals surface area contributed by atoms with Gasteiger partial charge in [0.15, 0.2) is 0 Å². The number of carbonyl (C=O) groups is 1. The Kier molecular flexibility index (Phi) is 3.75. The Labute approximate surface area is 109 Å². The summed E-state index contributed by atoms with van der Waals surface area (Å²) in [6.45, 7) is 13.1. The molecule has 3 nitrogen and oxygen atoms in total. The number of carbonyl (C=O) groups excluding carboxylic acids is 1. The highest BCUT2D eigenvalue weighted by Crippen LogP contribution is 2.38. The number of nitrogens with two attached hydrogens (primary N) is 1. The van der Waals surface area contributed by atoms with Gasteiger partial charge < -0.3 is 10.5 Å². The van der Waals surface area contributed by atoms with Crippen molar-refractivity contribution in [1.82, 2.24) is 0 Å². The quantitative estimate of drug-likeness (QED) is 0.645. The first-order valence-corrected chi connectivity index (χ1v) is 6.12. The number of ether oxygens (including phenoxy) is 1. The molecule has 3 heteroatoms. The fourth-order valence-electron chi connectivity index (χ4n) is 1.98. The van der Waals surface area contributed by atoms with Gasteiger partial charge in [-0.05, 0) is 22.5 Å². The predicted octanol–water partition coefficient (Wildman–Crippen LogP) is 3.40. The van der Waals surface area contributed by atoms with Gasteiger partial charge in [-0.2, -0.15) is 0 Å². The van der Waals surface area contributed by atoms with Crippen LogP contribution in [-0.4, -0.2) is 6.47 Å². The average Bonchev–Trinajstić information content (AvgIpc) is 2.13. The molecule has 1 aromatic rings. The lowest BCUT2D eigenvalue weighted by Gasteiger charge is -2.27. The summed E-state index contributed by atoms with van der Waals surface area (Å²) in [5, 5.41) is 0. The van der Waals surface area contributed by atoms with Gasteiger partial charge in [0.25, 0.3) is 6.47 Å². The average molecular weight is 249 g/mol. The van der Waals surface area contributed by atoms with Gasteiger partial charge >= 0.3 is 0 Å². The van der Waals surface area contributed by atoms with Crippen molar-refractivity contribution in [2.45, 2.75) is 52.4 Å². The lowest BCUT2D eigenvalue weighted by Crippen LogP contribution is -2.19. The number of benzene rings is 1. The standard InChI is InChI=1S/C15H23NO2/c1-14(2,3)10-7-11(15(4,5)6)13(18-9-17)8-12(10)16/h7-9H,16H2,1-6H3. The highest BCUT2D eigenvalue weighted by atomic mass is 16.5. The van der Waals surface area contributed by atoms with E-state index < -0.39 is 0 Å². The summed E-state index contributed by atoms with van der Waals surface area (Å²) in [6, 6.07) is 3.80. The van der Waals surface area contributed by atoms with E-state index in [9.17, 15) is 4.79 Å². The number of hydrogen-bond acceptors (Lipinski definition) is 3. The molecule has 0 bridgehead atoms. The van der Waals surface area contributed by atoms with Crippen LogP contribution < -0.4 is 10.5 Å². The summed E-state index contributed by atoms with van der Waals surface area (Å²) >= 11 is 0. The van der Waals surface area contributed by atoms with E-state index in [1.165, 1.54) is 0 Å². The topological polar surface area (TPSA) is 52.3 Å². The SMILES string of the molecule is CC(C)(C)c1cc(C(C)(C)C)c(OC=O)cc1N. The fourth-order valence-corrected chi connectivity index (χ4v) is 1.98. The minimum Gasteiger partial charge on any atom is -0.428 e. The van der Waals surface area contributed by atoms with Gasteiger partial charge in [-0.25, -0.2) is 0 Å². The molecule has 0 aliphatic heterocycles. The molecule has 0 aliphatic carbocycles. The molecular weight excluding hydrogens is 226 g/mol. The Bertz CT molecular complexity index is 451. The maximum absolute atomic E-state index is 10.6. The zero-order valence-corrected chi connectivity index (χ0v) is 12.1. The number of hydrogen-bond donors (Lipinski definition) is 1. The first-order valence-electron chi connectivity index (χ1n) is 6.12. The predicted molar refractivity (Wildman–Crippen MR) is 74.9 cm³/mol. The van der Waals surface area contributed by atoms with Gasteiger partial charge in [0.2, 0.25) is 0 Å². The third-order valence-corrected chi connectivity index (χ3v) is 2.94. The second-order valence-corrected chi connectivity index (χ2v) is 6.65. The number of rotatable bonds is 2. The third kappa shape index (κ3) is 3.03. The summed E-state index contributed by atoms with van der Waals surface area (Å²) in [6.07, 6.45) is 0. The Hall–Kier alpha value is -1.51. The minimum atomic E-state index is -0.105. The van der Waals surface area contributed by atoms with Crippen LogP contribution in [0, 0.1) is 0 Å². The maximum Gasteiger partial charge on any atom is 0.298 e. The molecule has 0 unspecified atom stereocenters. The Balaban J connectivity index is 3.50. The lowest BCUT2D eigenvalue weighted by atomic mass is 9.79. The van der Waals surface area contributed by atoms with Crippen LogP contribution in [0.1, 0.15) is 52.7 Å². The van der Waals surface area contributed by atoms with E-state index in [-0.39, 0.29) is 10.8 Å². The number of anilines is 1. The molecule has 0 atom stereocenters. The molecule has 18 heavy (non-hydrogen) atoms. The summed E-state index contributed by atoms with van der Waals surface area (Å²) in [5.74, 6) is 0.544. The van der Waals surface area contributed by atoms with Crippen molar-refractivity contribution in [2.75, 3.05) is 5.73 Å². The second-order valence-electron chi connectivity index (χ2n) is 6.65. The Morgan fingerprint density at radius 1 is 1.00 bits per heavy atom. The minimum absolute atomic E-state index is 0.0379. The lowest BCUT2D eigenvalue weighted by molar-refractivity contribution is -0.120. The van der Waals surface area contributed by atoms with Crippen LogP contribution in [0.4, 0.5) is 5.69 Å². The summed E-state index contributed by atoms with van der Waals surface area (Å²) in [4.78, 5) is 10.6. The van der Waals surface area contributed by atoms with Crippen LogP contribution in [0.2, 0.25) is 0 Å².